The van der Waals surface area contributed by atoms with E-state index in [9.17, 15) is 9.59 Å². The molecule has 5 nitrogen and oxygen atoms in total. The second kappa shape index (κ2) is 9.02. The van der Waals surface area contributed by atoms with E-state index in [0.29, 0.717) is 6.54 Å². The Balaban J connectivity index is 1.45. The molecule has 0 saturated carbocycles. The molecular weight excluding hydrogens is 350 g/mol. The van der Waals surface area contributed by atoms with E-state index in [1.807, 2.05) is 57.2 Å². The Kier molecular flexibility index (Phi) is 6.47. The molecule has 0 spiro atoms. The van der Waals surface area contributed by atoms with Crippen LogP contribution in [0.1, 0.15) is 29.5 Å². The zero-order chi connectivity index (χ0) is 20.1. The highest BCUT2D eigenvalue weighted by Gasteiger charge is 2.26. The highest BCUT2D eigenvalue weighted by atomic mass is 16.2. The van der Waals surface area contributed by atoms with Crippen LogP contribution in [0.4, 0.5) is 11.4 Å². The van der Waals surface area contributed by atoms with Gasteiger partial charge in [0.25, 0.3) is 0 Å². The fraction of sp³-hybridized carbons (Fsp3) is 0.391. The van der Waals surface area contributed by atoms with Gasteiger partial charge in [-0.05, 0) is 70.5 Å². The number of likely N-dealkylation sites (tertiary alicyclic amines) is 1. The lowest BCUT2D eigenvalue weighted by Gasteiger charge is -2.30. The molecule has 2 amide bonds. The molecule has 0 atom stereocenters. The molecule has 2 N–H and O–H groups in total. The molecular formula is C23H29N3O2. The van der Waals surface area contributed by atoms with Crippen molar-refractivity contribution in [3.05, 3.63) is 59.2 Å². The third kappa shape index (κ3) is 5.42. The van der Waals surface area contributed by atoms with E-state index < -0.39 is 0 Å². The van der Waals surface area contributed by atoms with Crippen LogP contribution < -0.4 is 10.6 Å². The van der Waals surface area contributed by atoms with Crippen molar-refractivity contribution in [1.82, 2.24) is 4.90 Å². The van der Waals surface area contributed by atoms with Crippen LogP contribution in [0.2, 0.25) is 0 Å². The lowest BCUT2D eigenvalue weighted by atomic mass is 9.95. The average molecular weight is 380 g/mol. The van der Waals surface area contributed by atoms with E-state index in [-0.39, 0.29) is 17.7 Å². The van der Waals surface area contributed by atoms with Gasteiger partial charge in [0, 0.05) is 17.3 Å². The first kappa shape index (κ1) is 20.1. The fourth-order valence-corrected chi connectivity index (χ4v) is 3.58. The van der Waals surface area contributed by atoms with E-state index in [4.69, 9.17) is 0 Å². The third-order valence-corrected chi connectivity index (χ3v) is 5.30. The molecule has 3 rings (SSSR count). The summed E-state index contributed by atoms with van der Waals surface area (Å²) in [6.45, 7) is 7.94. The SMILES string of the molecule is Cc1ccc(NC(=O)C2CCN(CC(=O)Nc3ccc(C)cc3C)CC2)cc1. The summed E-state index contributed by atoms with van der Waals surface area (Å²) in [6, 6.07) is 13.9. The van der Waals surface area contributed by atoms with E-state index in [0.717, 1.165) is 42.9 Å². The van der Waals surface area contributed by atoms with Crippen molar-refractivity contribution >= 4 is 23.2 Å². The number of benzene rings is 2. The van der Waals surface area contributed by atoms with Crippen LogP contribution in [0, 0.1) is 26.7 Å². The molecule has 1 heterocycles. The first-order valence-corrected chi connectivity index (χ1v) is 9.88. The summed E-state index contributed by atoms with van der Waals surface area (Å²) in [5.41, 5.74) is 5.13. The van der Waals surface area contributed by atoms with Crippen molar-refractivity contribution < 1.29 is 9.59 Å². The second-order valence-electron chi connectivity index (χ2n) is 7.77. The maximum atomic E-state index is 12.5. The molecule has 1 aliphatic rings. The summed E-state index contributed by atoms with van der Waals surface area (Å²) >= 11 is 0. The van der Waals surface area contributed by atoms with Crippen molar-refractivity contribution in [3.8, 4) is 0 Å². The molecule has 5 heteroatoms. The van der Waals surface area contributed by atoms with Crippen molar-refractivity contribution in [2.45, 2.75) is 33.6 Å². The largest absolute Gasteiger partial charge is 0.326 e. The van der Waals surface area contributed by atoms with Gasteiger partial charge in [-0.15, -0.1) is 0 Å². The van der Waals surface area contributed by atoms with Gasteiger partial charge in [-0.25, -0.2) is 0 Å². The van der Waals surface area contributed by atoms with Gasteiger partial charge < -0.3 is 10.6 Å². The minimum absolute atomic E-state index is 0.0000396. The summed E-state index contributed by atoms with van der Waals surface area (Å²) in [6.07, 6.45) is 1.54. The fourth-order valence-electron chi connectivity index (χ4n) is 3.58. The van der Waals surface area contributed by atoms with Crippen LogP contribution in [-0.2, 0) is 9.59 Å². The number of hydrogen-bond donors (Lipinski definition) is 2. The third-order valence-electron chi connectivity index (χ3n) is 5.30. The standard InChI is InChI=1S/C23H29N3O2/c1-16-4-7-20(8-5-16)24-23(28)19-10-12-26(13-11-19)15-22(27)25-21-9-6-17(2)14-18(21)3/h4-9,14,19H,10-13,15H2,1-3H3,(H,24,28)(H,25,27). The van der Waals surface area contributed by atoms with Crippen molar-refractivity contribution in [2.24, 2.45) is 5.92 Å². The number of rotatable bonds is 5. The molecule has 1 aliphatic heterocycles. The number of carbonyl (C=O) groups is 2. The molecule has 2 aromatic carbocycles. The topological polar surface area (TPSA) is 61.4 Å². The smallest absolute Gasteiger partial charge is 0.238 e. The van der Waals surface area contributed by atoms with Gasteiger partial charge in [0.05, 0.1) is 6.54 Å². The van der Waals surface area contributed by atoms with Crippen molar-refractivity contribution in [3.63, 3.8) is 0 Å². The second-order valence-corrected chi connectivity index (χ2v) is 7.77. The Bertz CT molecular complexity index is 837. The number of aryl methyl sites for hydroxylation is 3. The molecule has 0 bridgehead atoms. The maximum Gasteiger partial charge on any atom is 0.238 e. The van der Waals surface area contributed by atoms with E-state index in [1.165, 1.54) is 11.1 Å². The van der Waals surface area contributed by atoms with Crippen LogP contribution in [0.3, 0.4) is 0 Å². The normalized spacial score (nSPS) is 15.2. The van der Waals surface area contributed by atoms with Gasteiger partial charge >= 0.3 is 0 Å². The van der Waals surface area contributed by atoms with Crippen LogP contribution in [0.15, 0.2) is 42.5 Å². The van der Waals surface area contributed by atoms with Gasteiger partial charge in [0.1, 0.15) is 0 Å². The molecule has 0 aliphatic carbocycles. The van der Waals surface area contributed by atoms with Gasteiger partial charge in [0.2, 0.25) is 11.8 Å². The van der Waals surface area contributed by atoms with Crippen LogP contribution >= 0.6 is 0 Å². The first-order chi connectivity index (χ1) is 13.4. The summed E-state index contributed by atoms with van der Waals surface area (Å²) in [7, 11) is 0. The predicted molar refractivity (Wildman–Crippen MR) is 114 cm³/mol. The number of piperidine rings is 1. The Morgan fingerprint density at radius 3 is 2.21 bits per heavy atom. The number of amides is 2. The Hall–Kier alpha value is -2.66. The van der Waals surface area contributed by atoms with Crippen LogP contribution in [-0.4, -0.2) is 36.3 Å². The predicted octanol–water partition coefficient (Wildman–Crippen LogP) is 3.90. The maximum absolute atomic E-state index is 12.5. The lowest BCUT2D eigenvalue weighted by Crippen LogP contribution is -2.41. The molecule has 2 aromatic rings. The monoisotopic (exact) mass is 379 g/mol. The van der Waals surface area contributed by atoms with Gasteiger partial charge in [0.15, 0.2) is 0 Å². The number of anilines is 2. The molecule has 0 radical (unpaired) electrons. The lowest BCUT2D eigenvalue weighted by molar-refractivity contribution is -0.121. The summed E-state index contributed by atoms with van der Waals surface area (Å²) in [5, 5.41) is 6.00. The highest BCUT2D eigenvalue weighted by Crippen LogP contribution is 2.20. The van der Waals surface area contributed by atoms with Gasteiger partial charge in [-0.3, -0.25) is 14.5 Å². The summed E-state index contributed by atoms with van der Waals surface area (Å²) < 4.78 is 0. The Labute approximate surface area is 167 Å². The highest BCUT2D eigenvalue weighted by molar-refractivity contribution is 5.93. The van der Waals surface area contributed by atoms with Crippen LogP contribution in [0.5, 0.6) is 0 Å². The Morgan fingerprint density at radius 2 is 1.57 bits per heavy atom. The average Bonchev–Trinajstić information content (AvgIpc) is 2.66. The molecule has 148 valence electrons. The molecule has 1 fully saturated rings. The molecule has 1 saturated heterocycles. The van der Waals surface area contributed by atoms with E-state index in [2.05, 4.69) is 21.6 Å². The van der Waals surface area contributed by atoms with Crippen LogP contribution in [0.25, 0.3) is 0 Å². The first-order valence-electron chi connectivity index (χ1n) is 9.88. The quantitative estimate of drug-likeness (QED) is 0.828. The number of hydrogen-bond acceptors (Lipinski definition) is 3. The summed E-state index contributed by atoms with van der Waals surface area (Å²) in [5.74, 6) is 0.0673. The number of nitrogens with one attached hydrogen (secondary N) is 2. The van der Waals surface area contributed by atoms with Gasteiger partial charge in [-0.1, -0.05) is 35.4 Å². The zero-order valence-electron chi connectivity index (χ0n) is 16.9. The van der Waals surface area contributed by atoms with E-state index >= 15 is 0 Å². The van der Waals surface area contributed by atoms with Crippen molar-refractivity contribution in [2.75, 3.05) is 30.3 Å². The Morgan fingerprint density at radius 1 is 0.929 bits per heavy atom. The van der Waals surface area contributed by atoms with E-state index in [1.54, 1.807) is 0 Å². The molecule has 28 heavy (non-hydrogen) atoms. The summed E-state index contributed by atoms with van der Waals surface area (Å²) in [4.78, 5) is 27.0. The zero-order valence-corrected chi connectivity index (χ0v) is 16.9. The van der Waals surface area contributed by atoms with Gasteiger partial charge in [-0.2, -0.15) is 0 Å². The minimum atomic E-state index is -0.00508. The van der Waals surface area contributed by atoms with Crippen molar-refractivity contribution in [1.29, 1.82) is 0 Å². The molecule has 0 unspecified atom stereocenters. The number of nitrogens with zero attached hydrogens (tertiary/aromatic N) is 1. The minimum Gasteiger partial charge on any atom is -0.326 e. The molecule has 0 aromatic heterocycles. The number of carbonyl (C=O) groups excluding carboxylic acids is 2.